The summed E-state index contributed by atoms with van der Waals surface area (Å²) in [5, 5.41) is 2.13. The average molecular weight is 424 g/mol. The molecule has 3 aromatic carbocycles. The maximum absolute atomic E-state index is 13.0. The molecule has 0 aliphatic carbocycles. The van der Waals surface area contributed by atoms with Gasteiger partial charge in [0, 0.05) is 10.6 Å². The number of hydrogen-bond acceptors (Lipinski definition) is 4. The fraction of sp³-hybridized carbons (Fsp3) is 0.130. The number of hydrogen-bond donors (Lipinski definition) is 0. The molecule has 1 heterocycles. The molecule has 1 aliphatic rings. The summed E-state index contributed by atoms with van der Waals surface area (Å²) in [4.78, 5) is 27.1. The van der Waals surface area contributed by atoms with E-state index in [0.29, 0.717) is 28.0 Å². The molecule has 4 nitrogen and oxygen atoms in total. The van der Waals surface area contributed by atoms with E-state index in [1.54, 1.807) is 30.3 Å². The summed E-state index contributed by atoms with van der Waals surface area (Å²) >= 11 is 6.95. The van der Waals surface area contributed by atoms with Gasteiger partial charge in [-0.05, 0) is 59.3 Å². The zero-order chi connectivity index (χ0) is 20.4. The van der Waals surface area contributed by atoms with Crippen LogP contribution in [0.3, 0.4) is 0 Å². The lowest BCUT2D eigenvalue weighted by Crippen LogP contribution is -2.27. The lowest BCUT2D eigenvalue weighted by molar-refractivity contribution is -0.113. The fourth-order valence-electron chi connectivity index (χ4n) is 3.20. The molecule has 146 valence electrons. The minimum absolute atomic E-state index is 0.347. The zero-order valence-electron chi connectivity index (χ0n) is 15.7. The second-order valence-corrected chi connectivity index (χ2v) is 7.97. The van der Waals surface area contributed by atoms with Gasteiger partial charge in [-0.2, -0.15) is 0 Å². The molecule has 2 amide bonds. The van der Waals surface area contributed by atoms with Gasteiger partial charge in [0.05, 0.1) is 17.2 Å². The highest BCUT2D eigenvalue weighted by Gasteiger charge is 2.36. The molecule has 0 aromatic heterocycles. The Hall–Kier alpha value is -2.76. The summed E-state index contributed by atoms with van der Waals surface area (Å²) in [6.45, 7) is 2.61. The molecule has 6 heteroatoms. The molecule has 3 aromatic rings. The van der Waals surface area contributed by atoms with Crippen molar-refractivity contribution < 1.29 is 14.3 Å². The highest BCUT2D eigenvalue weighted by Crippen LogP contribution is 2.39. The van der Waals surface area contributed by atoms with Crippen LogP contribution in [0.5, 0.6) is 5.75 Å². The van der Waals surface area contributed by atoms with Crippen molar-refractivity contribution in [2.75, 3.05) is 11.5 Å². The normalized spacial score (nSPS) is 15.5. The smallest absolute Gasteiger partial charge is 0.298 e. The first-order valence-corrected chi connectivity index (χ1v) is 10.5. The third-order valence-corrected chi connectivity index (χ3v) is 5.63. The van der Waals surface area contributed by atoms with Gasteiger partial charge in [-0.25, -0.2) is 4.90 Å². The summed E-state index contributed by atoms with van der Waals surface area (Å²) in [5.74, 6) is 0.330. The standard InChI is InChI=1S/C23H18ClNO3S/c1-2-12-28-20-11-10-15-6-3-4-9-18(15)19(20)14-21-22(26)25(23(27)29-21)17-8-5-7-16(24)13-17/h3-11,13-14H,2,12H2,1H3/b21-14+. The number of amides is 2. The van der Waals surface area contributed by atoms with Crippen molar-refractivity contribution in [2.24, 2.45) is 0 Å². The molecule has 29 heavy (non-hydrogen) atoms. The molecule has 0 radical (unpaired) electrons. The third-order valence-electron chi connectivity index (χ3n) is 4.53. The van der Waals surface area contributed by atoms with Crippen LogP contribution in [0, 0.1) is 0 Å². The topological polar surface area (TPSA) is 46.6 Å². The van der Waals surface area contributed by atoms with E-state index in [0.717, 1.165) is 39.4 Å². The summed E-state index contributed by atoms with van der Waals surface area (Å²) in [5.41, 5.74) is 1.26. The van der Waals surface area contributed by atoms with Gasteiger partial charge in [-0.15, -0.1) is 0 Å². The molecular weight excluding hydrogens is 406 g/mol. The van der Waals surface area contributed by atoms with Crippen LogP contribution in [0.2, 0.25) is 5.02 Å². The first-order valence-electron chi connectivity index (χ1n) is 9.26. The van der Waals surface area contributed by atoms with E-state index in [-0.39, 0.29) is 11.1 Å². The van der Waals surface area contributed by atoms with E-state index in [4.69, 9.17) is 16.3 Å². The number of carbonyl (C=O) groups is 2. The van der Waals surface area contributed by atoms with Crippen LogP contribution < -0.4 is 9.64 Å². The zero-order valence-corrected chi connectivity index (χ0v) is 17.3. The average Bonchev–Trinajstić information content (AvgIpc) is 3.00. The maximum Gasteiger partial charge on any atom is 0.298 e. The molecule has 0 bridgehead atoms. The Morgan fingerprint density at radius 2 is 1.90 bits per heavy atom. The first-order chi connectivity index (χ1) is 14.1. The minimum Gasteiger partial charge on any atom is -0.493 e. The molecule has 0 atom stereocenters. The number of benzene rings is 3. The van der Waals surface area contributed by atoms with E-state index < -0.39 is 0 Å². The predicted molar refractivity (Wildman–Crippen MR) is 120 cm³/mol. The van der Waals surface area contributed by atoms with Gasteiger partial charge in [-0.1, -0.05) is 54.9 Å². The Balaban J connectivity index is 1.79. The van der Waals surface area contributed by atoms with Gasteiger partial charge in [0.1, 0.15) is 5.75 Å². The van der Waals surface area contributed by atoms with Gasteiger partial charge in [0.25, 0.3) is 11.1 Å². The number of thioether (sulfide) groups is 1. The summed E-state index contributed by atoms with van der Waals surface area (Å²) in [6, 6.07) is 18.5. The number of anilines is 1. The van der Waals surface area contributed by atoms with Crippen LogP contribution in [-0.4, -0.2) is 17.8 Å². The number of imide groups is 1. The monoisotopic (exact) mass is 423 g/mol. The van der Waals surface area contributed by atoms with Crippen LogP contribution in [0.4, 0.5) is 10.5 Å². The summed E-state index contributed by atoms with van der Waals surface area (Å²) < 4.78 is 5.91. The Labute approximate surface area is 178 Å². The second-order valence-electron chi connectivity index (χ2n) is 6.54. The Bertz CT molecular complexity index is 1140. The lowest BCUT2D eigenvalue weighted by atomic mass is 10.0. The number of ether oxygens (including phenoxy) is 1. The maximum atomic E-state index is 13.0. The number of rotatable bonds is 5. The quantitative estimate of drug-likeness (QED) is 0.438. The van der Waals surface area contributed by atoms with Crippen molar-refractivity contribution in [2.45, 2.75) is 13.3 Å². The van der Waals surface area contributed by atoms with Crippen LogP contribution in [0.1, 0.15) is 18.9 Å². The van der Waals surface area contributed by atoms with Gasteiger partial charge in [0.2, 0.25) is 0 Å². The predicted octanol–water partition coefficient (Wildman–Crippen LogP) is 6.52. The molecule has 0 spiro atoms. The van der Waals surface area contributed by atoms with Crippen molar-refractivity contribution in [1.82, 2.24) is 0 Å². The highest BCUT2D eigenvalue weighted by molar-refractivity contribution is 8.19. The lowest BCUT2D eigenvalue weighted by Gasteiger charge is -2.13. The van der Waals surface area contributed by atoms with Gasteiger partial charge < -0.3 is 4.74 Å². The summed E-state index contributed by atoms with van der Waals surface area (Å²) in [7, 11) is 0. The van der Waals surface area contributed by atoms with Crippen molar-refractivity contribution in [3.05, 3.63) is 76.2 Å². The SMILES string of the molecule is CCCOc1ccc2ccccc2c1/C=C1/SC(=O)N(c2cccc(Cl)c2)C1=O. The van der Waals surface area contributed by atoms with E-state index in [9.17, 15) is 9.59 Å². The van der Waals surface area contributed by atoms with Crippen molar-refractivity contribution in [3.8, 4) is 5.75 Å². The van der Waals surface area contributed by atoms with Crippen molar-refractivity contribution in [1.29, 1.82) is 0 Å². The Morgan fingerprint density at radius 3 is 2.69 bits per heavy atom. The van der Waals surface area contributed by atoms with Gasteiger partial charge in [-0.3, -0.25) is 9.59 Å². The molecule has 1 aliphatic heterocycles. The van der Waals surface area contributed by atoms with Crippen LogP contribution in [0.15, 0.2) is 65.6 Å². The van der Waals surface area contributed by atoms with E-state index in [1.165, 1.54) is 0 Å². The van der Waals surface area contributed by atoms with Crippen LogP contribution >= 0.6 is 23.4 Å². The van der Waals surface area contributed by atoms with Crippen LogP contribution in [-0.2, 0) is 4.79 Å². The molecule has 0 unspecified atom stereocenters. The molecule has 0 saturated carbocycles. The number of carbonyl (C=O) groups excluding carboxylic acids is 2. The molecular formula is C23H18ClNO3S. The van der Waals surface area contributed by atoms with E-state index in [2.05, 4.69) is 0 Å². The highest BCUT2D eigenvalue weighted by atomic mass is 35.5. The molecule has 1 saturated heterocycles. The molecule has 4 rings (SSSR count). The molecule has 1 fully saturated rings. The molecule has 0 N–H and O–H groups in total. The van der Waals surface area contributed by atoms with Gasteiger partial charge in [0.15, 0.2) is 0 Å². The number of halogens is 1. The number of nitrogens with zero attached hydrogens (tertiary/aromatic N) is 1. The Morgan fingerprint density at radius 1 is 1.07 bits per heavy atom. The minimum atomic E-state index is -0.364. The van der Waals surface area contributed by atoms with E-state index >= 15 is 0 Å². The van der Waals surface area contributed by atoms with Crippen LogP contribution in [0.25, 0.3) is 16.8 Å². The first kappa shape index (κ1) is 19.6. The third kappa shape index (κ3) is 3.88. The number of fused-ring (bicyclic) bond motifs is 1. The summed E-state index contributed by atoms with van der Waals surface area (Å²) in [6.07, 6.45) is 2.63. The largest absolute Gasteiger partial charge is 0.493 e. The second kappa shape index (κ2) is 8.31. The fourth-order valence-corrected chi connectivity index (χ4v) is 4.21. The van der Waals surface area contributed by atoms with Crippen molar-refractivity contribution >= 4 is 57.0 Å². The van der Waals surface area contributed by atoms with Crippen molar-refractivity contribution in [3.63, 3.8) is 0 Å². The van der Waals surface area contributed by atoms with E-state index in [1.807, 2.05) is 43.3 Å². The Kier molecular flexibility index (Phi) is 5.60. The van der Waals surface area contributed by atoms with Gasteiger partial charge >= 0.3 is 0 Å².